The van der Waals surface area contributed by atoms with Gasteiger partial charge in [-0.25, -0.2) is 4.79 Å². The van der Waals surface area contributed by atoms with Crippen molar-refractivity contribution in [1.29, 1.82) is 0 Å². The molecule has 1 aromatic heterocycles. The highest BCUT2D eigenvalue weighted by atomic mass is 16.6. The molecule has 3 aromatic rings. The van der Waals surface area contributed by atoms with Gasteiger partial charge in [0.05, 0.1) is 19.8 Å². The molecule has 0 aliphatic carbocycles. The van der Waals surface area contributed by atoms with Crippen LogP contribution in [0.2, 0.25) is 0 Å². The molecule has 0 saturated carbocycles. The van der Waals surface area contributed by atoms with Crippen LogP contribution < -0.4 is 11.2 Å². The van der Waals surface area contributed by atoms with Crippen LogP contribution in [0.5, 0.6) is 0 Å². The predicted molar refractivity (Wildman–Crippen MR) is 130 cm³/mol. The van der Waals surface area contributed by atoms with Gasteiger partial charge in [-0.05, 0) is 11.1 Å². The molecule has 1 unspecified atom stereocenters. The average molecular weight is 491 g/mol. The summed E-state index contributed by atoms with van der Waals surface area (Å²) >= 11 is 0. The van der Waals surface area contributed by atoms with Gasteiger partial charge in [0.2, 0.25) is 0 Å². The quantitative estimate of drug-likeness (QED) is 0.362. The Balaban J connectivity index is 1.68. The number of ether oxygens (including phenoxy) is 4. The SMILES string of the molecule is C#C[C@]1(COCc2ccccc2)OC(n2ccc(=O)[nH]c2=O)[C@H](OC(C)=O)[C@@H]1OCc1ccccc1. The van der Waals surface area contributed by atoms with Crippen LogP contribution in [0.25, 0.3) is 0 Å². The summed E-state index contributed by atoms with van der Waals surface area (Å²) in [6.07, 6.45) is 3.97. The summed E-state index contributed by atoms with van der Waals surface area (Å²) in [6.45, 7) is 1.52. The number of hydrogen-bond acceptors (Lipinski definition) is 7. The van der Waals surface area contributed by atoms with Gasteiger partial charge < -0.3 is 18.9 Å². The summed E-state index contributed by atoms with van der Waals surface area (Å²) in [4.78, 5) is 38.5. The fourth-order valence-electron chi connectivity index (χ4n) is 4.08. The number of hydrogen-bond donors (Lipinski definition) is 1. The molecule has 9 heteroatoms. The molecule has 0 bridgehead atoms. The number of nitrogens with zero attached hydrogens (tertiary/aromatic N) is 1. The Morgan fingerprint density at radius 1 is 1.06 bits per heavy atom. The van der Waals surface area contributed by atoms with Crippen molar-refractivity contribution in [3.05, 3.63) is 105 Å². The first-order valence-corrected chi connectivity index (χ1v) is 11.3. The van der Waals surface area contributed by atoms with Crippen LogP contribution in [-0.4, -0.2) is 39.9 Å². The molecule has 4 atom stereocenters. The molecule has 186 valence electrons. The fourth-order valence-corrected chi connectivity index (χ4v) is 4.08. The van der Waals surface area contributed by atoms with Crippen LogP contribution in [-0.2, 0) is 37.0 Å². The largest absolute Gasteiger partial charge is 0.455 e. The van der Waals surface area contributed by atoms with Crippen molar-refractivity contribution in [2.24, 2.45) is 0 Å². The summed E-state index contributed by atoms with van der Waals surface area (Å²) in [5, 5.41) is 0. The Hall–Kier alpha value is -3.97. The normalized spacial score (nSPS) is 23.2. The van der Waals surface area contributed by atoms with Crippen molar-refractivity contribution < 1.29 is 23.7 Å². The van der Waals surface area contributed by atoms with Crippen molar-refractivity contribution >= 4 is 5.97 Å². The molecule has 0 spiro atoms. The zero-order valence-corrected chi connectivity index (χ0v) is 19.7. The number of H-pyrrole nitrogens is 1. The summed E-state index contributed by atoms with van der Waals surface area (Å²) < 4.78 is 25.1. The summed E-state index contributed by atoms with van der Waals surface area (Å²) in [5.41, 5.74) is -1.05. The molecular weight excluding hydrogens is 464 g/mol. The number of rotatable bonds is 9. The number of benzene rings is 2. The maximum absolute atomic E-state index is 12.6. The summed E-state index contributed by atoms with van der Waals surface area (Å²) in [6, 6.07) is 20.0. The molecule has 1 fully saturated rings. The second-order valence-electron chi connectivity index (χ2n) is 8.33. The van der Waals surface area contributed by atoms with Crippen molar-refractivity contribution in [2.75, 3.05) is 6.61 Å². The molecule has 9 nitrogen and oxygen atoms in total. The number of esters is 1. The molecule has 0 amide bonds. The van der Waals surface area contributed by atoms with Gasteiger partial charge in [0, 0.05) is 19.2 Å². The van der Waals surface area contributed by atoms with E-state index in [9.17, 15) is 14.4 Å². The lowest BCUT2D eigenvalue weighted by atomic mass is 9.96. The van der Waals surface area contributed by atoms with Crippen LogP contribution in [0, 0.1) is 12.3 Å². The van der Waals surface area contributed by atoms with Gasteiger partial charge in [-0.1, -0.05) is 66.6 Å². The second kappa shape index (κ2) is 11.2. The third-order valence-corrected chi connectivity index (χ3v) is 5.74. The van der Waals surface area contributed by atoms with Crippen molar-refractivity contribution in [3.8, 4) is 12.3 Å². The van der Waals surface area contributed by atoms with Crippen molar-refractivity contribution in [2.45, 2.75) is 44.2 Å². The maximum Gasteiger partial charge on any atom is 0.330 e. The van der Waals surface area contributed by atoms with Crippen molar-refractivity contribution in [1.82, 2.24) is 9.55 Å². The van der Waals surface area contributed by atoms with Gasteiger partial charge in [0.25, 0.3) is 5.56 Å². The fraction of sp³-hybridized carbons (Fsp3) is 0.296. The van der Waals surface area contributed by atoms with Gasteiger partial charge >= 0.3 is 11.7 Å². The Labute approximate surface area is 207 Å². The van der Waals surface area contributed by atoms with E-state index in [1.807, 2.05) is 60.7 Å². The minimum absolute atomic E-state index is 0.107. The van der Waals surface area contributed by atoms with E-state index >= 15 is 0 Å². The molecule has 1 aliphatic rings. The van der Waals surface area contributed by atoms with E-state index in [1.165, 1.54) is 13.1 Å². The van der Waals surface area contributed by atoms with Crippen LogP contribution in [0.1, 0.15) is 24.3 Å². The Kier molecular flexibility index (Phi) is 7.80. The van der Waals surface area contributed by atoms with E-state index in [2.05, 4.69) is 10.9 Å². The van der Waals surface area contributed by atoms with Gasteiger partial charge in [-0.2, -0.15) is 0 Å². The molecule has 36 heavy (non-hydrogen) atoms. The lowest BCUT2D eigenvalue weighted by molar-refractivity contribution is -0.158. The molecular formula is C27H26N2O7. The monoisotopic (exact) mass is 490 g/mol. The van der Waals surface area contributed by atoms with E-state index < -0.39 is 41.3 Å². The van der Waals surface area contributed by atoms with E-state index in [0.29, 0.717) is 0 Å². The molecule has 2 heterocycles. The van der Waals surface area contributed by atoms with Gasteiger partial charge in [0.15, 0.2) is 17.9 Å². The van der Waals surface area contributed by atoms with Crippen LogP contribution in [0.4, 0.5) is 0 Å². The zero-order valence-electron chi connectivity index (χ0n) is 19.7. The van der Waals surface area contributed by atoms with Crippen molar-refractivity contribution in [3.63, 3.8) is 0 Å². The highest BCUT2D eigenvalue weighted by molar-refractivity contribution is 5.66. The summed E-state index contributed by atoms with van der Waals surface area (Å²) in [7, 11) is 0. The van der Waals surface area contributed by atoms with E-state index in [1.54, 1.807) is 0 Å². The third-order valence-electron chi connectivity index (χ3n) is 5.74. The number of aromatic amines is 1. The molecule has 0 radical (unpaired) electrons. The van der Waals surface area contributed by atoms with Crippen LogP contribution in [0.15, 0.2) is 82.5 Å². The van der Waals surface area contributed by atoms with E-state index in [-0.39, 0.29) is 19.8 Å². The second-order valence-corrected chi connectivity index (χ2v) is 8.33. The molecule has 1 aliphatic heterocycles. The number of nitrogens with one attached hydrogen (secondary N) is 1. The van der Waals surface area contributed by atoms with Crippen LogP contribution in [0.3, 0.4) is 0 Å². The average Bonchev–Trinajstić information content (AvgIpc) is 3.16. The number of aromatic nitrogens is 2. The van der Waals surface area contributed by atoms with E-state index in [4.69, 9.17) is 25.4 Å². The minimum Gasteiger partial charge on any atom is -0.455 e. The Morgan fingerprint density at radius 3 is 2.28 bits per heavy atom. The molecule has 4 rings (SSSR count). The maximum atomic E-state index is 12.6. The van der Waals surface area contributed by atoms with E-state index in [0.717, 1.165) is 21.8 Å². The molecule has 2 aromatic carbocycles. The predicted octanol–water partition coefficient (Wildman–Crippen LogP) is 2.17. The van der Waals surface area contributed by atoms with Gasteiger partial charge in [-0.3, -0.25) is 19.1 Å². The number of carbonyl (C=O) groups is 1. The third kappa shape index (κ3) is 5.63. The summed E-state index contributed by atoms with van der Waals surface area (Å²) in [5.74, 6) is 2.02. The lowest BCUT2D eigenvalue weighted by Gasteiger charge is -2.30. The number of terminal acetylenes is 1. The first-order chi connectivity index (χ1) is 17.4. The van der Waals surface area contributed by atoms with Gasteiger partial charge in [-0.15, -0.1) is 6.42 Å². The standard InChI is InChI=1S/C27H26N2O7/c1-3-27(18-33-16-20-10-6-4-7-11-20)24(34-17-21-12-8-5-9-13-21)23(35-19(2)30)25(36-27)29-15-14-22(31)28-26(29)32/h1,4-15,23-25H,16-18H2,2H3,(H,28,31,32)/t23-,24+,25?,27-/m1/s1. The zero-order chi connectivity index (χ0) is 25.5. The minimum atomic E-state index is -1.51. The Bertz CT molecular complexity index is 1330. The van der Waals surface area contributed by atoms with Gasteiger partial charge in [0.1, 0.15) is 6.10 Å². The highest BCUT2D eigenvalue weighted by Gasteiger charge is 2.58. The first-order valence-electron chi connectivity index (χ1n) is 11.3. The first kappa shape index (κ1) is 25.1. The van der Waals surface area contributed by atoms with Crippen LogP contribution >= 0.6 is 0 Å². The smallest absolute Gasteiger partial charge is 0.330 e. The molecule has 1 N–H and O–H groups in total. The Morgan fingerprint density at radius 2 is 1.69 bits per heavy atom. The lowest BCUT2D eigenvalue weighted by Crippen LogP contribution is -2.48. The molecule has 1 saturated heterocycles. The highest BCUT2D eigenvalue weighted by Crippen LogP contribution is 2.41. The number of carbonyl (C=O) groups excluding carboxylic acids is 1. The topological polar surface area (TPSA) is 109 Å².